The van der Waals surface area contributed by atoms with E-state index in [1.54, 1.807) is 18.3 Å². The zero-order valence-electron chi connectivity index (χ0n) is 8.50. The van der Waals surface area contributed by atoms with Gasteiger partial charge in [-0.2, -0.15) is 18.2 Å². The molecule has 0 aliphatic heterocycles. The van der Waals surface area contributed by atoms with Crippen LogP contribution in [0.1, 0.15) is 6.42 Å². The zero-order chi connectivity index (χ0) is 12.5. The van der Waals surface area contributed by atoms with Gasteiger partial charge in [0.15, 0.2) is 5.65 Å². The summed E-state index contributed by atoms with van der Waals surface area (Å²) in [5, 5.41) is 6.52. The molecular formula is C9H8BrF3N4. The van der Waals surface area contributed by atoms with Gasteiger partial charge in [0.1, 0.15) is 0 Å². The van der Waals surface area contributed by atoms with Crippen LogP contribution in [0.3, 0.4) is 0 Å². The first-order chi connectivity index (χ1) is 7.94. The number of rotatable bonds is 3. The quantitative estimate of drug-likeness (QED) is 0.948. The second-order valence-electron chi connectivity index (χ2n) is 3.38. The molecule has 2 rings (SSSR count). The maximum absolute atomic E-state index is 11.9. The summed E-state index contributed by atoms with van der Waals surface area (Å²) >= 11 is 3.26. The summed E-state index contributed by atoms with van der Waals surface area (Å²) in [6.07, 6.45) is -3.40. The Morgan fingerprint density at radius 2 is 2.12 bits per heavy atom. The second kappa shape index (κ2) is 4.52. The van der Waals surface area contributed by atoms with Crippen molar-refractivity contribution in [1.29, 1.82) is 0 Å². The number of pyridine rings is 1. The lowest BCUT2D eigenvalue weighted by atomic mass is 10.4. The van der Waals surface area contributed by atoms with Gasteiger partial charge in [-0.05, 0) is 28.1 Å². The number of aromatic nitrogens is 3. The zero-order valence-corrected chi connectivity index (χ0v) is 10.1. The molecule has 0 saturated carbocycles. The highest BCUT2D eigenvalue weighted by Crippen LogP contribution is 2.19. The fourth-order valence-electron chi connectivity index (χ4n) is 1.25. The molecule has 2 aromatic heterocycles. The standard InChI is InChI=1S/C9H8BrF3N4/c10-6-1-2-7-15-8(16-17(7)5-6)14-4-3-9(11,12)13/h1-2,5H,3-4H2,(H,14,16). The van der Waals surface area contributed by atoms with E-state index < -0.39 is 12.6 Å². The normalized spacial score (nSPS) is 12.0. The van der Waals surface area contributed by atoms with Gasteiger partial charge >= 0.3 is 6.18 Å². The van der Waals surface area contributed by atoms with E-state index in [9.17, 15) is 13.2 Å². The monoisotopic (exact) mass is 308 g/mol. The third kappa shape index (κ3) is 3.32. The number of nitrogens with zero attached hydrogens (tertiary/aromatic N) is 3. The molecule has 0 fully saturated rings. The molecule has 0 atom stereocenters. The molecule has 17 heavy (non-hydrogen) atoms. The second-order valence-corrected chi connectivity index (χ2v) is 4.29. The topological polar surface area (TPSA) is 42.2 Å². The molecule has 0 radical (unpaired) electrons. The maximum atomic E-state index is 11.9. The molecule has 0 unspecified atom stereocenters. The summed E-state index contributed by atoms with van der Waals surface area (Å²) in [4.78, 5) is 4.03. The smallest absolute Gasteiger partial charge is 0.353 e. The van der Waals surface area contributed by atoms with Crippen molar-refractivity contribution >= 4 is 27.5 Å². The summed E-state index contributed by atoms with van der Waals surface area (Å²) < 4.78 is 38.1. The first-order valence-corrected chi connectivity index (χ1v) is 5.56. The summed E-state index contributed by atoms with van der Waals surface area (Å²) in [6.45, 7) is -0.235. The Bertz CT molecular complexity index is 522. The van der Waals surface area contributed by atoms with Crippen LogP contribution in [0.5, 0.6) is 0 Å². The van der Waals surface area contributed by atoms with Crippen LogP contribution in [0, 0.1) is 0 Å². The lowest BCUT2D eigenvalue weighted by Gasteiger charge is -2.05. The third-order valence-electron chi connectivity index (χ3n) is 1.99. The molecule has 92 valence electrons. The molecule has 0 bridgehead atoms. The van der Waals surface area contributed by atoms with E-state index in [0.29, 0.717) is 5.65 Å². The van der Waals surface area contributed by atoms with Crippen molar-refractivity contribution in [2.75, 3.05) is 11.9 Å². The van der Waals surface area contributed by atoms with Gasteiger partial charge in [-0.25, -0.2) is 4.52 Å². The minimum atomic E-state index is -4.17. The lowest BCUT2D eigenvalue weighted by Crippen LogP contribution is -2.15. The first kappa shape index (κ1) is 12.2. The molecule has 4 nitrogen and oxygen atoms in total. The molecule has 2 aromatic rings. The van der Waals surface area contributed by atoms with Crippen LogP contribution < -0.4 is 5.32 Å². The van der Waals surface area contributed by atoms with Gasteiger partial charge in [0, 0.05) is 17.2 Å². The molecule has 0 aliphatic carbocycles. The number of hydrogen-bond donors (Lipinski definition) is 1. The van der Waals surface area contributed by atoms with E-state index in [1.165, 1.54) is 4.52 Å². The highest BCUT2D eigenvalue weighted by atomic mass is 79.9. The van der Waals surface area contributed by atoms with Crippen molar-refractivity contribution in [2.45, 2.75) is 12.6 Å². The Labute approximate surface area is 103 Å². The Morgan fingerprint density at radius 3 is 2.82 bits per heavy atom. The minimum Gasteiger partial charge on any atom is -0.353 e. The van der Waals surface area contributed by atoms with Crippen LogP contribution in [0.25, 0.3) is 5.65 Å². The van der Waals surface area contributed by atoms with Gasteiger partial charge in [0.05, 0.1) is 6.42 Å². The third-order valence-corrected chi connectivity index (χ3v) is 2.46. The molecule has 0 aliphatic rings. The van der Waals surface area contributed by atoms with E-state index in [-0.39, 0.29) is 12.5 Å². The van der Waals surface area contributed by atoms with Crippen molar-refractivity contribution in [2.24, 2.45) is 0 Å². The Balaban J connectivity index is 2.05. The SMILES string of the molecule is FC(F)(F)CCNc1nc2ccc(Br)cn2n1. The summed E-state index contributed by atoms with van der Waals surface area (Å²) in [7, 11) is 0. The summed E-state index contributed by atoms with van der Waals surface area (Å²) in [5.41, 5.74) is 0.572. The van der Waals surface area contributed by atoms with E-state index in [1.807, 2.05) is 0 Å². The molecule has 8 heteroatoms. The van der Waals surface area contributed by atoms with Gasteiger partial charge < -0.3 is 5.32 Å². The predicted octanol–water partition coefficient (Wildman–Crippen LogP) is 2.86. The number of nitrogens with one attached hydrogen (secondary N) is 1. The number of fused-ring (bicyclic) bond motifs is 1. The van der Waals surface area contributed by atoms with Crippen molar-refractivity contribution < 1.29 is 13.2 Å². The molecule has 0 aromatic carbocycles. The van der Waals surface area contributed by atoms with Crippen LogP contribution >= 0.6 is 15.9 Å². The number of halogens is 4. The van der Waals surface area contributed by atoms with Gasteiger partial charge in [-0.3, -0.25) is 0 Å². The van der Waals surface area contributed by atoms with E-state index in [0.717, 1.165) is 4.47 Å². The summed E-state index contributed by atoms with van der Waals surface area (Å²) in [5.74, 6) is 0.187. The number of alkyl halides is 3. The Kier molecular flexibility index (Phi) is 3.23. The number of anilines is 1. The highest BCUT2D eigenvalue weighted by molar-refractivity contribution is 9.10. The van der Waals surface area contributed by atoms with Gasteiger partial charge in [-0.15, -0.1) is 5.10 Å². The molecule has 0 amide bonds. The fraction of sp³-hybridized carbons (Fsp3) is 0.333. The van der Waals surface area contributed by atoms with Crippen molar-refractivity contribution in [3.8, 4) is 0 Å². The van der Waals surface area contributed by atoms with Gasteiger partial charge in [0.25, 0.3) is 0 Å². The Hall–Kier alpha value is -1.31. The Morgan fingerprint density at radius 1 is 1.35 bits per heavy atom. The molecule has 0 spiro atoms. The summed E-state index contributed by atoms with van der Waals surface area (Å²) in [6, 6.07) is 3.50. The first-order valence-electron chi connectivity index (χ1n) is 4.77. The van der Waals surface area contributed by atoms with E-state index in [4.69, 9.17) is 0 Å². The molecule has 1 N–H and O–H groups in total. The molecular weight excluding hydrogens is 301 g/mol. The predicted molar refractivity (Wildman–Crippen MR) is 59.8 cm³/mol. The van der Waals surface area contributed by atoms with Crippen LogP contribution in [-0.4, -0.2) is 27.3 Å². The number of hydrogen-bond acceptors (Lipinski definition) is 3. The van der Waals surface area contributed by atoms with Crippen molar-refractivity contribution in [3.05, 3.63) is 22.8 Å². The van der Waals surface area contributed by atoms with E-state index in [2.05, 4.69) is 31.3 Å². The van der Waals surface area contributed by atoms with E-state index >= 15 is 0 Å². The van der Waals surface area contributed by atoms with Crippen molar-refractivity contribution in [1.82, 2.24) is 14.6 Å². The lowest BCUT2D eigenvalue weighted by molar-refractivity contribution is -0.131. The van der Waals surface area contributed by atoms with Crippen LogP contribution in [0.15, 0.2) is 22.8 Å². The van der Waals surface area contributed by atoms with Gasteiger partial charge in [0.2, 0.25) is 5.95 Å². The molecule has 2 heterocycles. The largest absolute Gasteiger partial charge is 0.390 e. The van der Waals surface area contributed by atoms with Crippen molar-refractivity contribution in [3.63, 3.8) is 0 Å². The minimum absolute atomic E-state index is 0.187. The van der Waals surface area contributed by atoms with Gasteiger partial charge in [-0.1, -0.05) is 0 Å². The van der Waals surface area contributed by atoms with Crippen LogP contribution in [-0.2, 0) is 0 Å². The molecule has 0 saturated heterocycles. The average Bonchev–Trinajstić information content (AvgIpc) is 2.57. The fourth-order valence-corrected chi connectivity index (χ4v) is 1.58. The average molecular weight is 309 g/mol. The maximum Gasteiger partial charge on any atom is 0.390 e. The highest BCUT2D eigenvalue weighted by Gasteiger charge is 2.26. The van der Waals surface area contributed by atoms with Crippen LogP contribution in [0.4, 0.5) is 19.1 Å². The van der Waals surface area contributed by atoms with Crippen LogP contribution in [0.2, 0.25) is 0 Å².